The smallest absolute Gasteiger partial charge is 0.436 e. The maximum atomic E-state index is 13.5. The van der Waals surface area contributed by atoms with Gasteiger partial charge < -0.3 is 9.47 Å². The molecule has 3 aromatic carbocycles. The van der Waals surface area contributed by atoms with E-state index >= 15 is 0 Å². The molecular formula is C27H27N3O4. The summed E-state index contributed by atoms with van der Waals surface area (Å²) in [5, 5.41) is 10.8. The van der Waals surface area contributed by atoms with Gasteiger partial charge in [-0.3, -0.25) is 4.79 Å². The van der Waals surface area contributed by atoms with E-state index in [2.05, 4.69) is 0 Å². The van der Waals surface area contributed by atoms with Gasteiger partial charge in [0.1, 0.15) is 13.2 Å². The van der Waals surface area contributed by atoms with Gasteiger partial charge in [-0.1, -0.05) is 97.4 Å². The molecule has 2 amide bonds. The number of carbonyl (C=O) groups is 2. The second-order valence-corrected chi connectivity index (χ2v) is 8.13. The molecule has 1 saturated heterocycles. The van der Waals surface area contributed by atoms with Crippen LogP contribution in [-0.4, -0.2) is 28.0 Å². The zero-order valence-electron chi connectivity index (χ0n) is 19.2. The second-order valence-electron chi connectivity index (χ2n) is 8.13. The Morgan fingerprint density at radius 1 is 0.882 bits per heavy atom. The Morgan fingerprint density at radius 2 is 1.47 bits per heavy atom. The predicted octanol–water partition coefficient (Wildman–Crippen LogP) is 5.15. The minimum absolute atomic E-state index is 0.0130. The number of hydrogen-bond acceptors (Lipinski definition) is 5. The maximum absolute atomic E-state index is 13.5. The monoisotopic (exact) mass is 457 g/mol. The molecule has 1 fully saturated rings. The summed E-state index contributed by atoms with van der Waals surface area (Å²) in [7, 11) is 0. The van der Waals surface area contributed by atoms with E-state index in [0.29, 0.717) is 12.0 Å². The molecule has 34 heavy (non-hydrogen) atoms. The normalized spacial score (nSPS) is 17.2. The molecule has 1 unspecified atom stereocenters. The Morgan fingerprint density at radius 3 is 2.03 bits per heavy atom. The second kappa shape index (κ2) is 9.79. The van der Waals surface area contributed by atoms with Gasteiger partial charge in [0, 0.05) is 0 Å². The highest BCUT2D eigenvalue weighted by molar-refractivity contribution is 6.06. The van der Waals surface area contributed by atoms with Crippen LogP contribution in [0, 0.1) is 12.3 Å². The van der Waals surface area contributed by atoms with E-state index in [1.807, 2.05) is 98.8 Å². The van der Waals surface area contributed by atoms with Gasteiger partial charge in [0.05, 0.1) is 0 Å². The van der Waals surface area contributed by atoms with Crippen molar-refractivity contribution in [2.45, 2.75) is 39.0 Å². The number of hydrazine groups is 1. The zero-order chi connectivity index (χ0) is 24.1. The van der Waals surface area contributed by atoms with Crippen molar-refractivity contribution in [2.24, 2.45) is 0 Å². The van der Waals surface area contributed by atoms with Crippen molar-refractivity contribution in [2.75, 3.05) is 0 Å². The predicted molar refractivity (Wildman–Crippen MR) is 127 cm³/mol. The van der Waals surface area contributed by atoms with Gasteiger partial charge in [-0.05, 0) is 30.0 Å². The first-order chi connectivity index (χ1) is 16.5. The first kappa shape index (κ1) is 23.0. The number of nitrogens with zero attached hydrogens (tertiary/aromatic N) is 2. The van der Waals surface area contributed by atoms with Crippen molar-refractivity contribution in [3.05, 3.63) is 107 Å². The Balaban J connectivity index is 1.61. The molecule has 4 rings (SSSR count). The zero-order valence-corrected chi connectivity index (χ0v) is 19.2. The maximum Gasteiger partial charge on any atom is 0.436 e. The lowest BCUT2D eigenvalue weighted by atomic mass is 9.81. The van der Waals surface area contributed by atoms with Gasteiger partial charge in [0.25, 0.3) is 5.91 Å². The number of amidine groups is 1. The molecule has 0 saturated carbocycles. The fraction of sp³-hybridized carbons (Fsp3) is 0.222. The average Bonchev–Trinajstić information content (AvgIpc) is 2.86. The number of amides is 2. The largest absolute Gasteiger partial charge is 0.459 e. The van der Waals surface area contributed by atoms with Gasteiger partial charge in [0.2, 0.25) is 0 Å². The summed E-state index contributed by atoms with van der Waals surface area (Å²) in [5.74, 6) is -0.452. The summed E-state index contributed by atoms with van der Waals surface area (Å²) in [6, 6.07) is 25.9. The molecule has 0 spiro atoms. The van der Waals surface area contributed by atoms with Crippen LogP contribution in [0.3, 0.4) is 0 Å². The summed E-state index contributed by atoms with van der Waals surface area (Å²) in [6.07, 6.45) is -0.506. The highest BCUT2D eigenvalue weighted by atomic mass is 16.6. The lowest BCUT2D eigenvalue weighted by Crippen LogP contribution is -2.77. The Hall–Kier alpha value is -4.13. The molecule has 174 valence electrons. The molecule has 1 N–H and O–H groups in total. The number of nitrogens with one attached hydrogen (secondary N) is 1. The van der Waals surface area contributed by atoms with E-state index < -0.39 is 17.5 Å². The fourth-order valence-electron chi connectivity index (χ4n) is 4.13. The number of ether oxygens (including phenoxy) is 2. The topological polar surface area (TPSA) is 82.9 Å². The van der Waals surface area contributed by atoms with Crippen LogP contribution in [0.25, 0.3) is 0 Å². The lowest BCUT2D eigenvalue weighted by Gasteiger charge is -2.55. The van der Waals surface area contributed by atoms with Crippen LogP contribution in [-0.2, 0) is 33.0 Å². The van der Waals surface area contributed by atoms with Crippen molar-refractivity contribution >= 4 is 18.0 Å². The molecular weight excluding hydrogens is 430 g/mol. The number of rotatable bonds is 6. The molecule has 1 atom stereocenters. The molecule has 0 bridgehead atoms. The number of aryl methyl sites for hydroxylation is 1. The lowest BCUT2D eigenvalue weighted by molar-refractivity contribution is -0.198. The number of carbonyl (C=O) groups excluding carboxylic acids is 2. The van der Waals surface area contributed by atoms with Gasteiger partial charge in [-0.15, -0.1) is 5.01 Å². The van der Waals surface area contributed by atoms with Crippen LogP contribution >= 0.6 is 0 Å². The van der Waals surface area contributed by atoms with Gasteiger partial charge in [-0.2, -0.15) is 0 Å². The molecule has 1 heterocycles. The first-order valence-electron chi connectivity index (χ1n) is 11.1. The van der Waals surface area contributed by atoms with Crippen LogP contribution in [0.1, 0.15) is 35.6 Å². The van der Waals surface area contributed by atoms with E-state index in [0.717, 1.165) is 21.7 Å². The third-order valence-corrected chi connectivity index (χ3v) is 5.90. The SMILES string of the molecule is CCC1(c2cccc(C)c2)C(=O)N(C(=O)OCc2ccccc2)N1C(=N)OCc1ccccc1. The minimum Gasteiger partial charge on any atom is -0.459 e. The van der Waals surface area contributed by atoms with Crippen LogP contribution in [0.2, 0.25) is 0 Å². The quantitative estimate of drug-likeness (QED) is 0.409. The molecule has 7 heteroatoms. The van der Waals surface area contributed by atoms with Crippen molar-refractivity contribution in [3.63, 3.8) is 0 Å². The minimum atomic E-state index is -1.23. The third kappa shape index (κ3) is 4.24. The molecule has 3 aromatic rings. The fourth-order valence-corrected chi connectivity index (χ4v) is 4.13. The van der Waals surface area contributed by atoms with Gasteiger partial charge >= 0.3 is 12.1 Å². The standard InChI is InChI=1S/C27H27N3O4/c1-3-27(23-16-10-11-20(2)17-23)24(31)29(26(32)34-19-22-14-8-5-9-15-22)30(27)25(28)33-18-21-12-6-4-7-13-21/h4-17,28H,3,18-19H2,1-2H3. The summed E-state index contributed by atoms with van der Waals surface area (Å²) in [6.45, 7) is 3.93. The summed E-state index contributed by atoms with van der Waals surface area (Å²) in [4.78, 5) is 26.5. The molecule has 0 radical (unpaired) electrons. The van der Waals surface area contributed by atoms with Crippen LogP contribution in [0.4, 0.5) is 4.79 Å². The third-order valence-electron chi connectivity index (χ3n) is 5.90. The Kier molecular flexibility index (Phi) is 6.63. The van der Waals surface area contributed by atoms with E-state index in [4.69, 9.17) is 14.9 Å². The number of hydrogen-bond donors (Lipinski definition) is 1. The Bertz CT molecular complexity index is 1180. The van der Waals surface area contributed by atoms with Crippen LogP contribution in [0.15, 0.2) is 84.9 Å². The number of benzene rings is 3. The molecule has 7 nitrogen and oxygen atoms in total. The number of imide groups is 1. The van der Waals surface area contributed by atoms with Gasteiger partial charge in [0.15, 0.2) is 5.54 Å². The van der Waals surface area contributed by atoms with Crippen LogP contribution < -0.4 is 0 Å². The summed E-state index contributed by atoms with van der Waals surface area (Å²) < 4.78 is 11.2. The van der Waals surface area contributed by atoms with Crippen molar-refractivity contribution in [1.82, 2.24) is 10.0 Å². The molecule has 0 aliphatic carbocycles. The first-order valence-corrected chi connectivity index (χ1v) is 11.1. The highest BCUT2D eigenvalue weighted by Crippen LogP contribution is 2.44. The summed E-state index contributed by atoms with van der Waals surface area (Å²) in [5.41, 5.74) is 2.10. The van der Waals surface area contributed by atoms with E-state index in [-0.39, 0.29) is 19.2 Å². The van der Waals surface area contributed by atoms with Crippen molar-refractivity contribution in [3.8, 4) is 0 Å². The average molecular weight is 458 g/mol. The van der Waals surface area contributed by atoms with Crippen molar-refractivity contribution < 1.29 is 19.1 Å². The van der Waals surface area contributed by atoms with E-state index in [1.165, 1.54) is 5.01 Å². The summed E-state index contributed by atoms with van der Waals surface area (Å²) >= 11 is 0. The molecule has 0 aromatic heterocycles. The Labute approximate surface area is 199 Å². The highest BCUT2D eigenvalue weighted by Gasteiger charge is 2.64. The van der Waals surface area contributed by atoms with Crippen molar-refractivity contribution in [1.29, 1.82) is 5.41 Å². The van der Waals surface area contributed by atoms with E-state index in [9.17, 15) is 9.59 Å². The molecule has 1 aliphatic heterocycles. The van der Waals surface area contributed by atoms with E-state index in [1.54, 1.807) is 0 Å². The van der Waals surface area contributed by atoms with Gasteiger partial charge in [-0.25, -0.2) is 15.2 Å². The van der Waals surface area contributed by atoms with Crippen LogP contribution in [0.5, 0.6) is 0 Å². The molecule has 1 aliphatic rings.